The second-order valence-electron chi connectivity index (χ2n) is 6.32. The van der Waals surface area contributed by atoms with Gasteiger partial charge in [-0.3, -0.25) is 4.79 Å². The molecule has 1 aromatic heterocycles. The highest BCUT2D eigenvalue weighted by Gasteiger charge is 2.28. The molecule has 0 saturated carbocycles. The maximum atomic E-state index is 11.8. The molecule has 7 heteroatoms. The van der Waals surface area contributed by atoms with Gasteiger partial charge in [0.05, 0.1) is 43.8 Å². The van der Waals surface area contributed by atoms with Gasteiger partial charge in [0, 0.05) is 12.8 Å². The molecule has 140 valence electrons. The van der Waals surface area contributed by atoms with Crippen molar-refractivity contribution in [3.05, 3.63) is 35.3 Å². The van der Waals surface area contributed by atoms with Gasteiger partial charge in [0.15, 0.2) is 0 Å². The van der Waals surface area contributed by atoms with E-state index in [1.807, 2.05) is 37.4 Å². The minimum Gasteiger partial charge on any atom is -0.497 e. The van der Waals surface area contributed by atoms with Gasteiger partial charge in [0.25, 0.3) is 5.19 Å². The van der Waals surface area contributed by atoms with Gasteiger partial charge in [0.2, 0.25) is 0 Å². The molecule has 1 aliphatic heterocycles. The molecular weight excluding hydrogens is 352 g/mol. The first-order valence-electron chi connectivity index (χ1n) is 8.94. The van der Waals surface area contributed by atoms with E-state index >= 15 is 0 Å². The summed E-state index contributed by atoms with van der Waals surface area (Å²) in [5.41, 5.74) is 0. The molecule has 3 rings (SSSR count). The normalized spacial score (nSPS) is 19.8. The molecule has 0 amide bonds. The van der Waals surface area contributed by atoms with Gasteiger partial charge in [-0.25, -0.2) is 4.98 Å². The third-order valence-corrected chi connectivity index (χ3v) is 5.41. The van der Waals surface area contributed by atoms with Crippen LogP contribution in [-0.2, 0) is 16.1 Å². The fourth-order valence-corrected chi connectivity index (χ4v) is 3.96. The molecule has 1 N–H and O–H groups in total. The van der Waals surface area contributed by atoms with Crippen molar-refractivity contribution in [1.82, 2.24) is 4.98 Å². The molecule has 0 aliphatic carbocycles. The maximum Gasteiger partial charge on any atom is 0.309 e. The number of carbonyl (C=O) groups excluding carboxylic acids is 1. The number of thiazole rings is 1. The standard InChI is InChI=1S/C19H24N2O4S/c1-3-24-18(22)14-8-10-21(11-9-14)13-17-12-20-19(26-17)25-16-6-4-15(23-2)5-7-16/h4-7,12,14H,3,8-11,13H2,1-2H3/p+1. The lowest BCUT2D eigenvalue weighted by Crippen LogP contribution is -3.11. The molecule has 0 unspecified atom stereocenters. The number of ether oxygens (including phenoxy) is 3. The molecule has 1 aromatic carbocycles. The van der Waals surface area contributed by atoms with Crippen LogP contribution in [-0.4, -0.2) is 37.8 Å². The second kappa shape index (κ2) is 9.00. The third kappa shape index (κ3) is 4.95. The van der Waals surface area contributed by atoms with Crippen molar-refractivity contribution < 1.29 is 23.9 Å². The van der Waals surface area contributed by atoms with Crippen molar-refractivity contribution in [2.75, 3.05) is 26.8 Å². The van der Waals surface area contributed by atoms with Gasteiger partial charge in [-0.15, -0.1) is 0 Å². The summed E-state index contributed by atoms with van der Waals surface area (Å²) in [4.78, 5) is 18.9. The number of benzene rings is 1. The lowest BCUT2D eigenvalue weighted by atomic mass is 9.97. The predicted octanol–water partition coefficient (Wildman–Crippen LogP) is 2.30. The van der Waals surface area contributed by atoms with Crippen molar-refractivity contribution in [2.24, 2.45) is 5.92 Å². The van der Waals surface area contributed by atoms with E-state index in [2.05, 4.69) is 4.98 Å². The number of piperidine rings is 1. The number of hydrogen-bond donors (Lipinski definition) is 1. The minimum atomic E-state index is -0.0421. The smallest absolute Gasteiger partial charge is 0.309 e. The van der Waals surface area contributed by atoms with Gasteiger partial charge in [0.1, 0.15) is 18.0 Å². The molecular formula is C19H25N2O4S+. The summed E-state index contributed by atoms with van der Waals surface area (Å²) in [6.07, 6.45) is 3.66. The van der Waals surface area contributed by atoms with Crippen LogP contribution in [0.15, 0.2) is 30.5 Å². The van der Waals surface area contributed by atoms with Crippen LogP contribution in [0, 0.1) is 5.92 Å². The molecule has 1 aliphatic rings. The Morgan fingerprint density at radius 2 is 1.92 bits per heavy atom. The maximum absolute atomic E-state index is 11.8. The largest absolute Gasteiger partial charge is 0.497 e. The van der Waals surface area contributed by atoms with Crippen molar-refractivity contribution in [1.29, 1.82) is 0 Å². The Morgan fingerprint density at radius 1 is 1.23 bits per heavy atom. The average molecular weight is 377 g/mol. The molecule has 2 aromatic rings. The molecule has 2 heterocycles. The van der Waals surface area contributed by atoms with Crippen LogP contribution in [0.1, 0.15) is 24.6 Å². The molecule has 0 spiro atoms. The van der Waals surface area contributed by atoms with Crippen molar-refractivity contribution >= 4 is 17.3 Å². The highest BCUT2D eigenvalue weighted by atomic mass is 32.1. The van der Waals surface area contributed by atoms with Crippen LogP contribution in [0.2, 0.25) is 0 Å². The number of aromatic nitrogens is 1. The van der Waals surface area contributed by atoms with Crippen LogP contribution in [0.3, 0.4) is 0 Å². The first kappa shape index (κ1) is 18.7. The summed E-state index contributed by atoms with van der Waals surface area (Å²) >= 11 is 1.57. The Balaban J connectivity index is 1.48. The number of nitrogens with zero attached hydrogens (tertiary/aromatic N) is 1. The van der Waals surface area contributed by atoms with Crippen LogP contribution >= 0.6 is 11.3 Å². The summed E-state index contributed by atoms with van der Waals surface area (Å²) in [6, 6.07) is 7.46. The van der Waals surface area contributed by atoms with Crippen molar-refractivity contribution in [3.63, 3.8) is 0 Å². The number of methoxy groups -OCH3 is 1. The van der Waals surface area contributed by atoms with E-state index in [0.717, 1.165) is 44.0 Å². The zero-order valence-corrected chi connectivity index (χ0v) is 16.0. The fraction of sp³-hybridized carbons (Fsp3) is 0.474. The predicted molar refractivity (Wildman–Crippen MR) is 98.9 cm³/mol. The molecule has 26 heavy (non-hydrogen) atoms. The zero-order valence-electron chi connectivity index (χ0n) is 15.2. The summed E-state index contributed by atoms with van der Waals surface area (Å²) < 4.78 is 16.1. The van der Waals surface area contributed by atoms with E-state index in [1.54, 1.807) is 18.4 Å². The van der Waals surface area contributed by atoms with E-state index in [4.69, 9.17) is 14.2 Å². The van der Waals surface area contributed by atoms with Crippen LogP contribution < -0.4 is 14.4 Å². The highest BCUT2D eigenvalue weighted by molar-refractivity contribution is 7.13. The highest BCUT2D eigenvalue weighted by Crippen LogP contribution is 2.27. The molecule has 0 bridgehead atoms. The van der Waals surface area contributed by atoms with Gasteiger partial charge in [-0.2, -0.15) is 0 Å². The van der Waals surface area contributed by atoms with Gasteiger partial charge >= 0.3 is 5.97 Å². The number of hydrogen-bond acceptors (Lipinski definition) is 6. The Hall–Kier alpha value is -2.12. The number of likely N-dealkylation sites (tertiary alicyclic amines) is 1. The zero-order chi connectivity index (χ0) is 18.4. The van der Waals surface area contributed by atoms with Crippen LogP contribution in [0.5, 0.6) is 16.7 Å². The lowest BCUT2D eigenvalue weighted by Gasteiger charge is -2.27. The van der Waals surface area contributed by atoms with Crippen LogP contribution in [0.4, 0.5) is 0 Å². The lowest BCUT2D eigenvalue weighted by molar-refractivity contribution is -0.919. The van der Waals surface area contributed by atoms with Gasteiger partial charge < -0.3 is 19.1 Å². The summed E-state index contributed by atoms with van der Waals surface area (Å²) in [7, 11) is 1.64. The number of rotatable bonds is 7. The first-order valence-corrected chi connectivity index (χ1v) is 9.76. The quantitative estimate of drug-likeness (QED) is 0.750. The van der Waals surface area contributed by atoms with Gasteiger partial charge in [-0.05, 0) is 31.2 Å². The Kier molecular flexibility index (Phi) is 6.46. The monoisotopic (exact) mass is 377 g/mol. The van der Waals surface area contributed by atoms with Crippen LogP contribution in [0.25, 0.3) is 0 Å². The topological polar surface area (TPSA) is 62.1 Å². The van der Waals surface area contributed by atoms with Crippen molar-refractivity contribution in [2.45, 2.75) is 26.3 Å². The summed E-state index contributed by atoms with van der Waals surface area (Å²) in [6.45, 7) is 5.20. The first-order chi connectivity index (χ1) is 12.7. The Morgan fingerprint density at radius 3 is 2.58 bits per heavy atom. The van der Waals surface area contributed by atoms with E-state index < -0.39 is 0 Å². The molecule has 0 atom stereocenters. The van der Waals surface area contributed by atoms with E-state index in [1.165, 1.54) is 9.78 Å². The summed E-state index contributed by atoms with van der Waals surface area (Å²) in [5, 5.41) is 0.644. The molecule has 0 radical (unpaired) electrons. The number of quaternary nitrogens is 1. The van der Waals surface area contributed by atoms with Gasteiger partial charge in [-0.1, -0.05) is 11.3 Å². The number of esters is 1. The van der Waals surface area contributed by atoms with E-state index in [9.17, 15) is 4.79 Å². The van der Waals surface area contributed by atoms with E-state index in [0.29, 0.717) is 11.8 Å². The van der Waals surface area contributed by atoms with E-state index in [-0.39, 0.29) is 11.9 Å². The molecule has 1 saturated heterocycles. The minimum absolute atomic E-state index is 0.0421. The molecule has 1 fully saturated rings. The number of carbonyl (C=O) groups is 1. The second-order valence-corrected chi connectivity index (χ2v) is 7.40. The SMILES string of the molecule is CCOC(=O)C1CC[NH+](Cc2cnc(Oc3ccc(OC)cc3)s2)CC1. The fourth-order valence-electron chi connectivity index (χ4n) is 3.11. The third-order valence-electron chi connectivity index (χ3n) is 4.53. The Bertz CT molecular complexity index is 709. The average Bonchev–Trinajstić information content (AvgIpc) is 3.10. The molecule has 6 nitrogen and oxygen atoms in total. The number of nitrogens with one attached hydrogen (secondary N) is 1. The Labute approximate surface area is 157 Å². The van der Waals surface area contributed by atoms with Crippen molar-refractivity contribution in [3.8, 4) is 16.7 Å². The summed E-state index contributed by atoms with van der Waals surface area (Å²) in [5.74, 6) is 1.56.